The lowest BCUT2D eigenvalue weighted by molar-refractivity contribution is 1.46. The molecule has 0 radical (unpaired) electrons. The fourth-order valence-electron chi connectivity index (χ4n) is 2.41. The molecule has 21 heavy (non-hydrogen) atoms. The summed E-state index contributed by atoms with van der Waals surface area (Å²) in [6.07, 6.45) is 0. The lowest BCUT2D eigenvalue weighted by Gasteiger charge is -2.09. The van der Waals surface area contributed by atoms with E-state index in [0.29, 0.717) is 10.7 Å². The number of nitrogens with two attached hydrogens (primary N) is 1. The molecular formula is C19H16ClN. The highest BCUT2D eigenvalue weighted by Gasteiger charge is 2.05. The molecule has 0 atom stereocenters. The zero-order valence-electron chi connectivity index (χ0n) is 11.8. The van der Waals surface area contributed by atoms with Gasteiger partial charge in [-0.05, 0) is 46.9 Å². The molecule has 0 bridgehead atoms. The van der Waals surface area contributed by atoms with Crippen molar-refractivity contribution in [2.75, 3.05) is 5.73 Å². The Labute approximate surface area is 130 Å². The van der Waals surface area contributed by atoms with E-state index in [1.165, 1.54) is 11.1 Å². The maximum Gasteiger partial charge on any atom is 0.0644 e. The van der Waals surface area contributed by atoms with Crippen molar-refractivity contribution in [2.45, 2.75) is 6.92 Å². The van der Waals surface area contributed by atoms with E-state index in [0.717, 1.165) is 16.7 Å². The predicted molar refractivity (Wildman–Crippen MR) is 91.5 cm³/mol. The Hall–Kier alpha value is -2.25. The summed E-state index contributed by atoms with van der Waals surface area (Å²) in [7, 11) is 0. The van der Waals surface area contributed by atoms with Gasteiger partial charge in [0.25, 0.3) is 0 Å². The normalized spacial score (nSPS) is 10.6. The Morgan fingerprint density at radius 1 is 0.714 bits per heavy atom. The third-order valence-electron chi connectivity index (χ3n) is 3.66. The minimum atomic E-state index is 0.608. The molecule has 3 rings (SSSR count). The molecule has 0 aromatic heterocycles. The lowest BCUT2D eigenvalue weighted by atomic mass is 9.99. The first-order valence-electron chi connectivity index (χ1n) is 6.86. The van der Waals surface area contributed by atoms with Crippen LogP contribution in [0.1, 0.15) is 5.56 Å². The van der Waals surface area contributed by atoms with Crippen molar-refractivity contribution >= 4 is 17.3 Å². The van der Waals surface area contributed by atoms with Crippen LogP contribution in [-0.2, 0) is 0 Å². The molecule has 0 fully saturated rings. The summed E-state index contributed by atoms with van der Waals surface area (Å²) in [6.45, 7) is 1.98. The topological polar surface area (TPSA) is 26.0 Å². The Balaban J connectivity index is 1.98. The van der Waals surface area contributed by atoms with Gasteiger partial charge in [-0.3, -0.25) is 0 Å². The average Bonchev–Trinajstić information content (AvgIpc) is 2.53. The number of hydrogen-bond acceptors (Lipinski definition) is 1. The quantitative estimate of drug-likeness (QED) is 0.615. The fraction of sp³-hybridized carbons (Fsp3) is 0.0526. The number of hydrogen-bond donors (Lipinski definition) is 1. The summed E-state index contributed by atoms with van der Waals surface area (Å²) < 4.78 is 0. The minimum Gasteiger partial charge on any atom is -0.397 e. The van der Waals surface area contributed by atoms with Crippen LogP contribution in [0.2, 0.25) is 5.02 Å². The van der Waals surface area contributed by atoms with E-state index in [4.69, 9.17) is 17.3 Å². The molecular weight excluding hydrogens is 278 g/mol. The number of rotatable bonds is 2. The maximum absolute atomic E-state index is 6.17. The van der Waals surface area contributed by atoms with Crippen LogP contribution in [0.15, 0.2) is 66.7 Å². The summed E-state index contributed by atoms with van der Waals surface area (Å²) in [5, 5.41) is 0.608. The zero-order valence-corrected chi connectivity index (χ0v) is 12.6. The predicted octanol–water partition coefficient (Wildman–Crippen LogP) is 5.56. The molecule has 0 heterocycles. The average molecular weight is 294 g/mol. The van der Waals surface area contributed by atoms with Crippen LogP contribution in [0.3, 0.4) is 0 Å². The largest absolute Gasteiger partial charge is 0.397 e. The Kier molecular flexibility index (Phi) is 3.68. The van der Waals surface area contributed by atoms with Gasteiger partial charge in [0, 0.05) is 0 Å². The molecule has 0 amide bonds. The first kappa shape index (κ1) is 13.7. The monoisotopic (exact) mass is 293 g/mol. The summed E-state index contributed by atoms with van der Waals surface area (Å²) in [5.74, 6) is 0. The summed E-state index contributed by atoms with van der Waals surface area (Å²) in [4.78, 5) is 0. The van der Waals surface area contributed by atoms with Crippen LogP contribution in [-0.4, -0.2) is 0 Å². The fourth-order valence-corrected chi connectivity index (χ4v) is 2.67. The lowest BCUT2D eigenvalue weighted by Crippen LogP contribution is -1.91. The van der Waals surface area contributed by atoms with Gasteiger partial charge in [0.2, 0.25) is 0 Å². The van der Waals surface area contributed by atoms with Gasteiger partial charge in [-0.1, -0.05) is 66.2 Å². The van der Waals surface area contributed by atoms with Crippen molar-refractivity contribution in [1.29, 1.82) is 0 Å². The molecule has 0 saturated carbocycles. The first-order valence-corrected chi connectivity index (χ1v) is 7.24. The Bertz CT molecular complexity index is 738. The molecule has 0 unspecified atom stereocenters. The smallest absolute Gasteiger partial charge is 0.0644 e. The van der Waals surface area contributed by atoms with Gasteiger partial charge in [0.05, 0.1) is 10.7 Å². The highest BCUT2D eigenvalue weighted by atomic mass is 35.5. The van der Waals surface area contributed by atoms with Gasteiger partial charge in [-0.25, -0.2) is 0 Å². The van der Waals surface area contributed by atoms with Crippen molar-refractivity contribution in [1.82, 2.24) is 0 Å². The third-order valence-corrected chi connectivity index (χ3v) is 3.97. The van der Waals surface area contributed by atoms with Crippen molar-refractivity contribution < 1.29 is 0 Å². The SMILES string of the molecule is Cc1cc(-c2ccc(-c3ccccc3)cc2)cc(Cl)c1N. The minimum absolute atomic E-state index is 0.608. The van der Waals surface area contributed by atoms with Gasteiger partial charge < -0.3 is 5.73 Å². The molecule has 3 aromatic carbocycles. The van der Waals surface area contributed by atoms with Gasteiger partial charge in [0.1, 0.15) is 0 Å². The summed E-state index contributed by atoms with van der Waals surface area (Å²) in [6, 6.07) is 22.8. The second-order valence-corrected chi connectivity index (χ2v) is 5.54. The van der Waals surface area contributed by atoms with E-state index in [1.807, 2.05) is 31.2 Å². The van der Waals surface area contributed by atoms with E-state index in [9.17, 15) is 0 Å². The molecule has 2 heteroatoms. The third kappa shape index (κ3) is 2.79. The Morgan fingerprint density at radius 2 is 1.24 bits per heavy atom. The van der Waals surface area contributed by atoms with E-state index < -0.39 is 0 Å². The summed E-state index contributed by atoms with van der Waals surface area (Å²) >= 11 is 6.17. The van der Waals surface area contributed by atoms with Crippen molar-refractivity contribution in [3.05, 3.63) is 77.3 Å². The maximum atomic E-state index is 6.17. The molecule has 3 aromatic rings. The molecule has 0 aliphatic heterocycles. The molecule has 0 aliphatic carbocycles. The van der Waals surface area contributed by atoms with Crippen LogP contribution < -0.4 is 5.73 Å². The standard InChI is InChI=1S/C19H16ClN/c1-13-11-17(12-18(20)19(13)21)16-9-7-15(8-10-16)14-5-3-2-4-6-14/h2-12H,21H2,1H3. The zero-order chi connectivity index (χ0) is 14.8. The van der Waals surface area contributed by atoms with Gasteiger partial charge in [-0.15, -0.1) is 0 Å². The van der Waals surface area contributed by atoms with E-state index in [-0.39, 0.29) is 0 Å². The highest BCUT2D eigenvalue weighted by molar-refractivity contribution is 6.33. The van der Waals surface area contributed by atoms with Gasteiger partial charge >= 0.3 is 0 Å². The van der Waals surface area contributed by atoms with E-state index in [2.05, 4.69) is 42.5 Å². The van der Waals surface area contributed by atoms with Crippen LogP contribution in [0, 0.1) is 6.92 Å². The second-order valence-electron chi connectivity index (χ2n) is 5.13. The number of nitrogen functional groups attached to an aromatic ring is 1. The van der Waals surface area contributed by atoms with Crippen LogP contribution in [0.25, 0.3) is 22.3 Å². The summed E-state index contributed by atoms with van der Waals surface area (Å²) in [5.41, 5.74) is 12.2. The highest BCUT2D eigenvalue weighted by Crippen LogP contribution is 2.31. The molecule has 2 N–H and O–H groups in total. The first-order chi connectivity index (χ1) is 10.1. The van der Waals surface area contributed by atoms with Crippen LogP contribution >= 0.6 is 11.6 Å². The Morgan fingerprint density at radius 3 is 1.81 bits per heavy atom. The van der Waals surface area contributed by atoms with Crippen LogP contribution in [0.5, 0.6) is 0 Å². The molecule has 104 valence electrons. The van der Waals surface area contributed by atoms with Gasteiger partial charge in [-0.2, -0.15) is 0 Å². The number of aryl methyl sites for hydroxylation is 1. The second kappa shape index (κ2) is 5.63. The molecule has 0 aliphatic rings. The molecule has 0 spiro atoms. The van der Waals surface area contributed by atoms with Crippen LogP contribution in [0.4, 0.5) is 5.69 Å². The van der Waals surface area contributed by atoms with E-state index >= 15 is 0 Å². The molecule has 1 nitrogen and oxygen atoms in total. The van der Waals surface area contributed by atoms with Crippen molar-refractivity contribution in [2.24, 2.45) is 0 Å². The van der Waals surface area contributed by atoms with Crippen molar-refractivity contribution in [3.8, 4) is 22.3 Å². The van der Waals surface area contributed by atoms with Crippen molar-refractivity contribution in [3.63, 3.8) is 0 Å². The number of halogens is 1. The van der Waals surface area contributed by atoms with Gasteiger partial charge in [0.15, 0.2) is 0 Å². The number of anilines is 1. The van der Waals surface area contributed by atoms with E-state index in [1.54, 1.807) is 0 Å². The number of benzene rings is 3. The molecule has 0 saturated heterocycles.